The molecule has 1 aliphatic rings. The summed E-state index contributed by atoms with van der Waals surface area (Å²) in [6.45, 7) is 2.25. The van der Waals surface area contributed by atoms with Crippen molar-refractivity contribution in [2.75, 3.05) is 23.3 Å². The zero-order valence-corrected chi connectivity index (χ0v) is 12.9. The van der Waals surface area contributed by atoms with Gasteiger partial charge in [0, 0.05) is 35.4 Å². The largest absolute Gasteiger partial charge is 0.372 e. The first-order chi connectivity index (χ1) is 11.3. The fourth-order valence-electron chi connectivity index (χ4n) is 3.13. The summed E-state index contributed by atoms with van der Waals surface area (Å²) in [5.74, 6) is -0.116. The van der Waals surface area contributed by atoms with E-state index in [1.807, 2.05) is 42.5 Å². The molecule has 0 spiro atoms. The average molecular weight is 305 g/mol. The van der Waals surface area contributed by atoms with Crippen LogP contribution in [-0.2, 0) is 0 Å². The normalized spacial score (nSPS) is 14.3. The zero-order chi connectivity index (χ0) is 15.6. The third-order valence-corrected chi connectivity index (χ3v) is 4.37. The quantitative estimate of drug-likeness (QED) is 0.768. The summed E-state index contributed by atoms with van der Waals surface area (Å²) in [6, 6.07) is 17.8. The van der Waals surface area contributed by atoms with Crippen LogP contribution in [0.1, 0.15) is 23.3 Å². The second-order valence-corrected chi connectivity index (χ2v) is 5.97. The van der Waals surface area contributed by atoms with Gasteiger partial charge < -0.3 is 15.2 Å². The van der Waals surface area contributed by atoms with E-state index in [1.54, 1.807) is 0 Å². The van der Waals surface area contributed by atoms with Crippen LogP contribution in [0.3, 0.4) is 0 Å². The maximum absolute atomic E-state index is 12.4. The third-order valence-electron chi connectivity index (χ3n) is 4.37. The first-order valence-electron chi connectivity index (χ1n) is 8.04. The fraction of sp³-hybridized carbons (Fsp3) is 0.211. The highest BCUT2D eigenvalue weighted by molar-refractivity contribution is 6.05. The molecule has 3 aromatic rings. The number of nitrogens with one attached hydrogen (secondary N) is 2. The smallest absolute Gasteiger partial charge is 0.272 e. The molecule has 116 valence electrons. The Labute approximate surface area is 135 Å². The van der Waals surface area contributed by atoms with Crippen LogP contribution in [0.25, 0.3) is 10.9 Å². The Kier molecular flexibility index (Phi) is 3.50. The minimum absolute atomic E-state index is 0.116. The molecule has 2 aromatic carbocycles. The minimum Gasteiger partial charge on any atom is -0.372 e. The number of benzene rings is 2. The maximum Gasteiger partial charge on any atom is 0.272 e. The molecular formula is C19H19N3O. The second-order valence-electron chi connectivity index (χ2n) is 5.97. The number of anilines is 2. The highest BCUT2D eigenvalue weighted by atomic mass is 16.1. The van der Waals surface area contributed by atoms with Crippen LogP contribution >= 0.6 is 0 Å². The molecule has 2 N–H and O–H groups in total. The van der Waals surface area contributed by atoms with E-state index >= 15 is 0 Å². The molecule has 4 nitrogen and oxygen atoms in total. The lowest BCUT2D eigenvalue weighted by Crippen LogP contribution is -2.17. The van der Waals surface area contributed by atoms with Crippen molar-refractivity contribution in [3.8, 4) is 0 Å². The number of H-pyrrole nitrogens is 1. The summed E-state index contributed by atoms with van der Waals surface area (Å²) in [6.07, 6.45) is 2.53. The molecule has 2 heterocycles. The average Bonchev–Trinajstić information content (AvgIpc) is 3.25. The Morgan fingerprint density at radius 3 is 2.48 bits per heavy atom. The van der Waals surface area contributed by atoms with Crippen LogP contribution in [-0.4, -0.2) is 24.0 Å². The SMILES string of the molecule is O=C(Nc1ccc(N2CCCC2)cc1)c1cc2ccccc2[nH]1. The predicted octanol–water partition coefficient (Wildman–Crippen LogP) is 4.02. The lowest BCUT2D eigenvalue weighted by atomic mass is 10.2. The van der Waals surface area contributed by atoms with Crippen molar-refractivity contribution in [1.29, 1.82) is 0 Å². The molecule has 1 aromatic heterocycles. The molecule has 0 aliphatic carbocycles. The topological polar surface area (TPSA) is 48.1 Å². The number of carbonyl (C=O) groups is 1. The summed E-state index contributed by atoms with van der Waals surface area (Å²) in [4.78, 5) is 17.9. The lowest BCUT2D eigenvalue weighted by molar-refractivity contribution is 0.102. The molecule has 0 saturated carbocycles. The highest BCUT2D eigenvalue weighted by Crippen LogP contribution is 2.22. The molecule has 0 atom stereocenters. The zero-order valence-electron chi connectivity index (χ0n) is 12.9. The molecular weight excluding hydrogens is 286 g/mol. The highest BCUT2D eigenvalue weighted by Gasteiger charge is 2.13. The Morgan fingerprint density at radius 2 is 1.74 bits per heavy atom. The standard InChI is InChI=1S/C19H19N3O/c23-19(18-13-14-5-1-2-6-17(14)21-18)20-15-7-9-16(10-8-15)22-11-3-4-12-22/h1-2,5-10,13,21H,3-4,11-12H2,(H,20,23). The molecule has 1 aliphatic heterocycles. The molecule has 4 heteroatoms. The van der Waals surface area contributed by atoms with Crippen molar-refractivity contribution in [2.45, 2.75) is 12.8 Å². The molecule has 1 fully saturated rings. The van der Waals surface area contributed by atoms with E-state index in [-0.39, 0.29) is 5.91 Å². The molecule has 4 rings (SSSR count). The number of para-hydroxylation sites is 1. The van der Waals surface area contributed by atoms with Gasteiger partial charge in [0.05, 0.1) is 0 Å². The van der Waals surface area contributed by atoms with Crippen molar-refractivity contribution in [1.82, 2.24) is 4.98 Å². The molecule has 0 bridgehead atoms. The van der Waals surface area contributed by atoms with Gasteiger partial charge >= 0.3 is 0 Å². The number of carbonyl (C=O) groups excluding carboxylic acids is 1. The number of amides is 1. The van der Waals surface area contributed by atoms with Gasteiger partial charge in [0.15, 0.2) is 0 Å². The van der Waals surface area contributed by atoms with E-state index in [2.05, 4.69) is 27.3 Å². The number of rotatable bonds is 3. The van der Waals surface area contributed by atoms with Gasteiger partial charge in [-0.15, -0.1) is 0 Å². The van der Waals surface area contributed by atoms with E-state index in [4.69, 9.17) is 0 Å². The van der Waals surface area contributed by atoms with Crippen LogP contribution in [0.2, 0.25) is 0 Å². The van der Waals surface area contributed by atoms with Crippen LogP contribution in [0.15, 0.2) is 54.6 Å². The van der Waals surface area contributed by atoms with Gasteiger partial charge in [0.25, 0.3) is 5.91 Å². The minimum atomic E-state index is -0.116. The van der Waals surface area contributed by atoms with E-state index in [0.717, 1.165) is 29.7 Å². The lowest BCUT2D eigenvalue weighted by Gasteiger charge is -2.17. The Balaban J connectivity index is 1.49. The summed E-state index contributed by atoms with van der Waals surface area (Å²) < 4.78 is 0. The Morgan fingerprint density at radius 1 is 1.00 bits per heavy atom. The summed E-state index contributed by atoms with van der Waals surface area (Å²) in [5, 5.41) is 3.99. The van der Waals surface area contributed by atoms with Gasteiger partial charge in [-0.05, 0) is 49.2 Å². The number of aromatic amines is 1. The number of fused-ring (bicyclic) bond motifs is 1. The van der Waals surface area contributed by atoms with Crippen LogP contribution < -0.4 is 10.2 Å². The summed E-state index contributed by atoms with van der Waals surface area (Å²) in [7, 11) is 0. The van der Waals surface area contributed by atoms with Gasteiger partial charge in [0.1, 0.15) is 5.69 Å². The second kappa shape index (κ2) is 5.80. The summed E-state index contributed by atoms with van der Waals surface area (Å²) >= 11 is 0. The van der Waals surface area contributed by atoms with Crippen LogP contribution in [0.4, 0.5) is 11.4 Å². The van der Waals surface area contributed by atoms with Crippen molar-refractivity contribution in [3.05, 3.63) is 60.3 Å². The molecule has 0 radical (unpaired) electrons. The predicted molar refractivity (Wildman–Crippen MR) is 94.1 cm³/mol. The molecule has 0 unspecified atom stereocenters. The number of aromatic nitrogens is 1. The van der Waals surface area contributed by atoms with E-state index in [1.165, 1.54) is 18.5 Å². The molecule has 23 heavy (non-hydrogen) atoms. The van der Waals surface area contributed by atoms with Gasteiger partial charge in [-0.2, -0.15) is 0 Å². The van der Waals surface area contributed by atoms with Gasteiger partial charge in [-0.25, -0.2) is 0 Å². The van der Waals surface area contributed by atoms with Crippen molar-refractivity contribution in [3.63, 3.8) is 0 Å². The van der Waals surface area contributed by atoms with E-state index in [9.17, 15) is 4.79 Å². The third kappa shape index (κ3) is 2.80. The van der Waals surface area contributed by atoms with Crippen molar-refractivity contribution < 1.29 is 4.79 Å². The fourth-order valence-corrected chi connectivity index (χ4v) is 3.13. The van der Waals surface area contributed by atoms with E-state index in [0.29, 0.717) is 5.69 Å². The first kappa shape index (κ1) is 13.9. The number of nitrogens with zero attached hydrogens (tertiary/aromatic N) is 1. The van der Waals surface area contributed by atoms with Gasteiger partial charge in [0.2, 0.25) is 0 Å². The Hall–Kier alpha value is -2.75. The summed E-state index contributed by atoms with van der Waals surface area (Å²) in [5.41, 5.74) is 3.60. The van der Waals surface area contributed by atoms with Crippen molar-refractivity contribution in [2.24, 2.45) is 0 Å². The molecule has 1 saturated heterocycles. The van der Waals surface area contributed by atoms with Gasteiger partial charge in [-0.1, -0.05) is 18.2 Å². The van der Waals surface area contributed by atoms with Crippen LogP contribution in [0.5, 0.6) is 0 Å². The first-order valence-corrected chi connectivity index (χ1v) is 8.04. The molecule has 1 amide bonds. The number of hydrogen-bond acceptors (Lipinski definition) is 2. The maximum atomic E-state index is 12.4. The van der Waals surface area contributed by atoms with Gasteiger partial charge in [-0.3, -0.25) is 4.79 Å². The Bertz CT molecular complexity index is 796. The monoisotopic (exact) mass is 305 g/mol. The van der Waals surface area contributed by atoms with E-state index < -0.39 is 0 Å². The van der Waals surface area contributed by atoms with Crippen LogP contribution in [0, 0.1) is 0 Å². The number of hydrogen-bond donors (Lipinski definition) is 2. The van der Waals surface area contributed by atoms with Crippen molar-refractivity contribution >= 4 is 28.2 Å².